The third-order valence-corrected chi connectivity index (χ3v) is 3.98. The molecule has 18 heavy (non-hydrogen) atoms. The summed E-state index contributed by atoms with van der Waals surface area (Å²) < 4.78 is 1.31. The van der Waals surface area contributed by atoms with Crippen LogP contribution in [-0.4, -0.2) is 16.5 Å². The molecule has 3 rings (SSSR count). The van der Waals surface area contributed by atoms with Gasteiger partial charge in [0.2, 0.25) is 0 Å². The van der Waals surface area contributed by atoms with Crippen molar-refractivity contribution in [2.45, 2.75) is 12.8 Å². The van der Waals surface area contributed by atoms with Crippen LogP contribution in [0.5, 0.6) is 0 Å². The van der Waals surface area contributed by atoms with E-state index in [1.54, 1.807) is 11.3 Å². The Hall–Kier alpha value is -1.65. The number of benzene rings is 1. The van der Waals surface area contributed by atoms with Crippen molar-refractivity contribution < 1.29 is 0 Å². The molecule has 0 bridgehead atoms. The summed E-state index contributed by atoms with van der Waals surface area (Å²) in [6, 6.07) is 8.45. The lowest BCUT2D eigenvalue weighted by atomic mass is 10.1. The minimum Gasteiger partial charge on any atom is -0.342 e. The largest absolute Gasteiger partial charge is 0.342 e. The number of H-pyrrole nitrogens is 1. The first kappa shape index (κ1) is 11.4. The van der Waals surface area contributed by atoms with E-state index in [4.69, 9.17) is 5.73 Å². The zero-order valence-electron chi connectivity index (χ0n) is 10.0. The standard InChI is InChI=1S/C14H15N3S/c15-7-3-6-14-16-8-12(17-14)11-9-18-13-5-2-1-4-10(11)13/h1-2,4-5,8-9H,3,6-7,15H2,(H,16,17). The number of fused-ring (bicyclic) bond motifs is 1. The summed E-state index contributed by atoms with van der Waals surface area (Å²) in [6.45, 7) is 0.706. The maximum absolute atomic E-state index is 5.51. The molecule has 0 saturated heterocycles. The van der Waals surface area contributed by atoms with Crippen LogP contribution in [0.2, 0.25) is 0 Å². The second-order valence-corrected chi connectivity index (χ2v) is 5.19. The molecule has 3 aromatic rings. The van der Waals surface area contributed by atoms with Crippen LogP contribution in [0, 0.1) is 0 Å². The Kier molecular flexibility index (Phi) is 3.13. The van der Waals surface area contributed by atoms with Crippen LogP contribution in [-0.2, 0) is 6.42 Å². The lowest BCUT2D eigenvalue weighted by Gasteiger charge is -1.96. The normalized spacial score (nSPS) is 11.2. The molecule has 0 aliphatic heterocycles. The zero-order valence-corrected chi connectivity index (χ0v) is 10.8. The third kappa shape index (κ3) is 2.05. The molecule has 3 N–H and O–H groups in total. The monoisotopic (exact) mass is 257 g/mol. The number of nitrogens with one attached hydrogen (secondary N) is 1. The van der Waals surface area contributed by atoms with Gasteiger partial charge in [0.15, 0.2) is 0 Å². The summed E-state index contributed by atoms with van der Waals surface area (Å²) in [6.07, 6.45) is 3.80. The molecule has 2 heterocycles. The molecule has 1 aromatic carbocycles. The third-order valence-electron chi connectivity index (χ3n) is 3.02. The van der Waals surface area contributed by atoms with E-state index in [-0.39, 0.29) is 0 Å². The van der Waals surface area contributed by atoms with Gasteiger partial charge in [0, 0.05) is 27.5 Å². The summed E-state index contributed by atoms with van der Waals surface area (Å²) in [5, 5.41) is 3.47. The Morgan fingerprint density at radius 1 is 1.28 bits per heavy atom. The maximum Gasteiger partial charge on any atom is 0.106 e. The highest BCUT2D eigenvalue weighted by molar-refractivity contribution is 7.17. The zero-order chi connectivity index (χ0) is 12.4. The topological polar surface area (TPSA) is 54.7 Å². The number of nitrogens with two attached hydrogens (primary N) is 1. The number of imidazole rings is 1. The smallest absolute Gasteiger partial charge is 0.106 e. The summed E-state index contributed by atoms with van der Waals surface area (Å²) in [4.78, 5) is 7.79. The van der Waals surface area contributed by atoms with E-state index in [1.807, 2.05) is 6.20 Å². The van der Waals surface area contributed by atoms with E-state index in [0.717, 1.165) is 24.4 Å². The Morgan fingerprint density at radius 2 is 2.17 bits per heavy atom. The first-order valence-electron chi connectivity index (χ1n) is 6.09. The van der Waals surface area contributed by atoms with Gasteiger partial charge in [-0.1, -0.05) is 18.2 Å². The van der Waals surface area contributed by atoms with E-state index in [9.17, 15) is 0 Å². The Balaban J connectivity index is 1.96. The molecule has 4 heteroatoms. The SMILES string of the molecule is NCCCc1ncc(-c2csc3ccccc23)[nH]1. The van der Waals surface area contributed by atoms with Crippen LogP contribution >= 0.6 is 11.3 Å². The van der Waals surface area contributed by atoms with Crippen LogP contribution in [0.3, 0.4) is 0 Å². The summed E-state index contributed by atoms with van der Waals surface area (Å²) in [7, 11) is 0. The van der Waals surface area contributed by atoms with Gasteiger partial charge in [0.25, 0.3) is 0 Å². The molecule has 0 amide bonds. The maximum atomic E-state index is 5.51. The number of nitrogens with zero attached hydrogens (tertiary/aromatic N) is 1. The lowest BCUT2D eigenvalue weighted by molar-refractivity contribution is 0.794. The van der Waals surface area contributed by atoms with Gasteiger partial charge in [-0.3, -0.25) is 0 Å². The predicted octanol–water partition coefficient (Wildman–Crippen LogP) is 3.18. The highest BCUT2D eigenvalue weighted by Crippen LogP contribution is 2.32. The summed E-state index contributed by atoms with van der Waals surface area (Å²) in [5.74, 6) is 1.02. The Morgan fingerprint density at radius 3 is 3.06 bits per heavy atom. The van der Waals surface area contributed by atoms with Crippen LogP contribution in [0.15, 0.2) is 35.8 Å². The second kappa shape index (κ2) is 4.92. The fourth-order valence-electron chi connectivity index (χ4n) is 2.08. The van der Waals surface area contributed by atoms with Gasteiger partial charge < -0.3 is 10.7 Å². The fourth-order valence-corrected chi connectivity index (χ4v) is 3.04. The molecule has 0 unspecified atom stereocenters. The van der Waals surface area contributed by atoms with Crippen LogP contribution in [0.25, 0.3) is 21.3 Å². The number of rotatable bonds is 4. The van der Waals surface area contributed by atoms with Crippen LogP contribution < -0.4 is 5.73 Å². The molecule has 0 fully saturated rings. The van der Waals surface area contributed by atoms with E-state index < -0.39 is 0 Å². The first-order valence-corrected chi connectivity index (χ1v) is 6.97. The molecule has 0 saturated carbocycles. The number of aromatic nitrogens is 2. The number of hydrogen-bond acceptors (Lipinski definition) is 3. The number of aromatic amines is 1. The molecular weight excluding hydrogens is 242 g/mol. The molecular formula is C14H15N3S. The quantitative estimate of drug-likeness (QED) is 0.754. The van der Waals surface area contributed by atoms with Gasteiger partial charge >= 0.3 is 0 Å². The first-order chi connectivity index (χ1) is 8.88. The molecule has 2 aromatic heterocycles. The summed E-state index contributed by atoms with van der Waals surface area (Å²) >= 11 is 1.77. The van der Waals surface area contributed by atoms with Crippen molar-refractivity contribution in [1.29, 1.82) is 0 Å². The molecule has 92 valence electrons. The minimum atomic E-state index is 0.706. The molecule has 0 aliphatic rings. The van der Waals surface area contributed by atoms with Gasteiger partial charge in [-0.2, -0.15) is 0 Å². The van der Waals surface area contributed by atoms with Gasteiger partial charge in [0.1, 0.15) is 5.82 Å². The minimum absolute atomic E-state index is 0.706. The van der Waals surface area contributed by atoms with Crippen LogP contribution in [0.4, 0.5) is 0 Å². The molecule has 0 radical (unpaired) electrons. The number of thiophene rings is 1. The Bertz CT molecular complexity index is 654. The highest BCUT2D eigenvalue weighted by Gasteiger charge is 2.08. The van der Waals surface area contributed by atoms with Crippen molar-refractivity contribution in [1.82, 2.24) is 9.97 Å². The van der Waals surface area contributed by atoms with Gasteiger partial charge in [-0.25, -0.2) is 4.98 Å². The second-order valence-electron chi connectivity index (χ2n) is 4.28. The average molecular weight is 257 g/mol. The average Bonchev–Trinajstić information content (AvgIpc) is 3.02. The molecule has 0 atom stereocenters. The van der Waals surface area contributed by atoms with Crippen molar-refractivity contribution >= 4 is 21.4 Å². The number of hydrogen-bond donors (Lipinski definition) is 2. The van der Waals surface area contributed by atoms with E-state index in [0.29, 0.717) is 6.54 Å². The van der Waals surface area contributed by atoms with E-state index in [2.05, 4.69) is 39.6 Å². The van der Waals surface area contributed by atoms with Crippen molar-refractivity contribution in [2.24, 2.45) is 5.73 Å². The van der Waals surface area contributed by atoms with Crippen molar-refractivity contribution in [3.63, 3.8) is 0 Å². The van der Waals surface area contributed by atoms with Gasteiger partial charge in [0.05, 0.1) is 11.9 Å². The van der Waals surface area contributed by atoms with Gasteiger partial charge in [-0.15, -0.1) is 11.3 Å². The molecule has 0 aliphatic carbocycles. The highest BCUT2D eigenvalue weighted by atomic mass is 32.1. The van der Waals surface area contributed by atoms with Crippen molar-refractivity contribution in [3.8, 4) is 11.3 Å². The van der Waals surface area contributed by atoms with E-state index >= 15 is 0 Å². The molecule has 0 spiro atoms. The van der Waals surface area contributed by atoms with Crippen molar-refractivity contribution in [3.05, 3.63) is 41.7 Å². The fraction of sp³-hybridized carbons (Fsp3) is 0.214. The Labute approximate surface area is 110 Å². The van der Waals surface area contributed by atoms with Gasteiger partial charge in [-0.05, 0) is 19.0 Å². The van der Waals surface area contributed by atoms with Crippen LogP contribution in [0.1, 0.15) is 12.2 Å². The predicted molar refractivity (Wildman–Crippen MR) is 76.8 cm³/mol. The van der Waals surface area contributed by atoms with Crippen molar-refractivity contribution in [2.75, 3.05) is 6.54 Å². The number of aryl methyl sites for hydroxylation is 1. The molecule has 3 nitrogen and oxygen atoms in total. The lowest BCUT2D eigenvalue weighted by Crippen LogP contribution is -2.01. The summed E-state index contributed by atoms with van der Waals surface area (Å²) in [5.41, 5.74) is 7.85. The van der Waals surface area contributed by atoms with E-state index in [1.165, 1.54) is 15.6 Å².